The molecular weight excluding hydrogens is 783 g/mol. The van der Waals surface area contributed by atoms with Crippen molar-refractivity contribution in [1.82, 2.24) is 14.7 Å². The number of nitrogens with zero attached hydrogens (tertiary/aromatic N) is 5. The van der Waals surface area contributed by atoms with E-state index in [-0.39, 0.29) is 69.0 Å². The number of allylic oxidation sites excluding steroid dienone is 2. The van der Waals surface area contributed by atoms with Crippen molar-refractivity contribution < 1.29 is 47.6 Å². The molecule has 7 rings (SSSR count). The maximum atomic E-state index is 13.6. The van der Waals surface area contributed by atoms with E-state index in [9.17, 15) is 19.2 Å². The lowest BCUT2D eigenvalue weighted by Gasteiger charge is -2.20. The maximum Gasteiger partial charge on any atom is 0.306 e. The summed E-state index contributed by atoms with van der Waals surface area (Å²) in [4.78, 5) is 66.0. The number of rotatable bonds is 15. The number of ether oxygens (including phenoxy) is 6. The molecule has 0 radical (unpaired) electrons. The minimum absolute atomic E-state index is 0.00597. The van der Waals surface area contributed by atoms with Crippen LogP contribution in [0.25, 0.3) is 0 Å². The fourth-order valence-corrected chi connectivity index (χ4v) is 7.76. The molecule has 4 aliphatic heterocycles. The Morgan fingerprint density at radius 3 is 1.67 bits per heavy atom. The standard InChI is InChI=1S/C46H51N5O10/c1-7-28-14-32-22-47-37-20-41(39(56-4)18-35(37)45(54)50(32)24-28)60-26-30-13-31(17-34(16-30)59-12-11-49(3)43(52)9-10-44(53)58-6)27-61-42-21-38-36(19-40(42)57-5)46(55)51-25-29(8-2)15-33(51)23-48-38/h7-8,13,16-23,32-33H,9-12,14-15,24-27H2,1-6H3/b28-7+,29-8+/t32-,33-/m0/s1. The molecule has 15 heteroatoms. The molecule has 2 fully saturated rings. The molecule has 15 nitrogen and oxygen atoms in total. The van der Waals surface area contributed by atoms with Gasteiger partial charge in [-0.3, -0.25) is 29.2 Å². The lowest BCUT2D eigenvalue weighted by Crippen LogP contribution is -2.35. The molecule has 0 saturated carbocycles. The highest BCUT2D eigenvalue weighted by Gasteiger charge is 2.36. The molecule has 3 amide bonds. The fraction of sp³-hybridized carbons (Fsp3) is 0.391. The van der Waals surface area contributed by atoms with Crippen LogP contribution in [0.3, 0.4) is 0 Å². The predicted octanol–water partition coefficient (Wildman–Crippen LogP) is 6.41. The molecule has 0 bridgehead atoms. The Morgan fingerprint density at radius 1 is 0.705 bits per heavy atom. The van der Waals surface area contributed by atoms with Crippen LogP contribution in [0.2, 0.25) is 0 Å². The van der Waals surface area contributed by atoms with Crippen molar-refractivity contribution in [2.24, 2.45) is 9.98 Å². The zero-order valence-corrected chi connectivity index (χ0v) is 35.4. The van der Waals surface area contributed by atoms with Crippen LogP contribution in [-0.4, -0.2) is 118 Å². The molecule has 0 aromatic heterocycles. The second kappa shape index (κ2) is 18.7. The van der Waals surface area contributed by atoms with Gasteiger partial charge in [0.2, 0.25) is 5.91 Å². The Balaban J connectivity index is 1.11. The number of fused-ring (bicyclic) bond motifs is 4. The van der Waals surface area contributed by atoms with Crippen LogP contribution in [0.5, 0.6) is 28.7 Å². The summed E-state index contributed by atoms with van der Waals surface area (Å²) in [6.45, 7) is 5.70. The number of benzene rings is 3. The van der Waals surface area contributed by atoms with Crippen LogP contribution in [0.4, 0.5) is 11.4 Å². The molecule has 0 spiro atoms. The largest absolute Gasteiger partial charge is 0.493 e. The molecule has 4 aliphatic rings. The van der Waals surface area contributed by atoms with Gasteiger partial charge < -0.3 is 43.1 Å². The quantitative estimate of drug-likeness (QED) is 0.124. The van der Waals surface area contributed by atoms with E-state index in [1.807, 2.05) is 66.4 Å². The number of aliphatic imine (C=N–C) groups is 2. The Labute approximate surface area is 355 Å². The zero-order valence-electron chi connectivity index (χ0n) is 35.4. The van der Waals surface area contributed by atoms with E-state index >= 15 is 0 Å². The van der Waals surface area contributed by atoms with Crippen molar-refractivity contribution in [3.8, 4) is 28.7 Å². The van der Waals surface area contributed by atoms with Crippen LogP contribution >= 0.6 is 0 Å². The van der Waals surface area contributed by atoms with Crippen molar-refractivity contribution in [2.75, 3.05) is 54.6 Å². The SMILES string of the molecule is C/C=C1\C[C@H]2C=Nc3cc(OCc4cc(COc5cc6c(cc5OC)C(=O)N5C/C(=C/C)C[C@H]5C=N6)cc(OCCN(C)C(=O)CCC(=O)OC)c4)c(OC)cc3C(=O)N2C1. The van der Waals surface area contributed by atoms with Gasteiger partial charge in [0.05, 0.1) is 68.9 Å². The first-order valence-corrected chi connectivity index (χ1v) is 20.3. The van der Waals surface area contributed by atoms with Gasteiger partial charge >= 0.3 is 5.97 Å². The molecule has 0 unspecified atom stereocenters. The van der Waals surface area contributed by atoms with Gasteiger partial charge in [-0.15, -0.1) is 0 Å². The number of methoxy groups -OCH3 is 3. The number of hydrogen-bond acceptors (Lipinski definition) is 12. The number of amides is 3. The van der Waals surface area contributed by atoms with E-state index in [0.717, 1.165) is 24.0 Å². The molecular formula is C46H51N5O10. The molecule has 4 heterocycles. The number of carbonyl (C=O) groups excluding carboxylic acids is 4. The first-order valence-electron chi connectivity index (χ1n) is 20.3. The average Bonchev–Trinajstić information content (AvgIpc) is 3.85. The van der Waals surface area contributed by atoms with Gasteiger partial charge in [0.25, 0.3) is 11.8 Å². The van der Waals surface area contributed by atoms with E-state index in [1.54, 1.807) is 31.3 Å². The van der Waals surface area contributed by atoms with Crippen LogP contribution in [0.1, 0.15) is 71.4 Å². The Kier molecular flexibility index (Phi) is 13.0. The molecule has 3 aromatic carbocycles. The maximum absolute atomic E-state index is 13.6. The molecule has 0 N–H and O–H groups in total. The monoisotopic (exact) mass is 833 g/mol. The van der Waals surface area contributed by atoms with Gasteiger partial charge in [-0.2, -0.15) is 0 Å². The van der Waals surface area contributed by atoms with Gasteiger partial charge in [0.15, 0.2) is 23.0 Å². The molecule has 2 atom stereocenters. The predicted molar refractivity (Wildman–Crippen MR) is 228 cm³/mol. The third kappa shape index (κ3) is 9.40. The van der Waals surface area contributed by atoms with Crippen LogP contribution < -0.4 is 23.7 Å². The highest BCUT2D eigenvalue weighted by molar-refractivity contribution is 6.05. The summed E-state index contributed by atoms with van der Waals surface area (Å²) >= 11 is 0. The molecule has 320 valence electrons. The minimum Gasteiger partial charge on any atom is -0.493 e. The summed E-state index contributed by atoms with van der Waals surface area (Å²) in [6.07, 6.45) is 9.25. The highest BCUT2D eigenvalue weighted by atomic mass is 16.5. The second-order valence-electron chi connectivity index (χ2n) is 15.2. The van der Waals surface area contributed by atoms with Crippen molar-refractivity contribution >= 4 is 47.5 Å². The van der Waals surface area contributed by atoms with E-state index in [0.29, 0.717) is 64.3 Å². The van der Waals surface area contributed by atoms with E-state index in [1.165, 1.54) is 37.4 Å². The van der Waals surface area contributed by atoms with Gasteiger partial charge in [0.1, 0.15) is 25.6 Å². The Hall–Kier alpha value is -6.64. The van der Waals surface area contributed by atoms with Crippen LogP contribution in [-0.2, 0) is 27.5 Å². The molecule has 61 heavy (non-hydrogen) atoms. The Morgan fingerprint density at radius 2 is 1.21 bits per heavy atom. The van der Waals surface area contributed by atoms with E-state index < -0.39 is 5.97 Å². The second-order valence-corrected chi connectivity index (χ2v) is 15.2. The van der Waals surface area contributed by atoms with Gasteiger partial charge in [0, 0.05) is 51.1 Å². The third-order valence-electron chi connectivity index (χ3n) is 11.3. The summed E-state index contributed by atoms with van der Waals surface area (Å²) in [5, 5.41) is 0. The number of hydrogen-bond donors (Lipinski definition) is 0. The Bertz CT molecular complexity index is 2200. The van der Waals surface area contributed by atoms with Crippen molar-refractivity contribution in [1.29, 1.82) is 0 Å². The number of carbonyl (C=O) groups is 4. The molecule has 0 aliphatic carbocycles. The van der Waals surface area contributed by atoms with Crippen LogP contribution in [0.15, 0.2) is 75.7 Å². The smallest absolute Gasteiger partial charge is 0.306 e. The summed E-state index contributed by atoms with van der Waals surface area (Å²) in [6, 6.07) is 12.2. The van der Waals surface area contributed by atoms with Gasteiger partial charge in [-0.05, 0) is 68.1 Å². The first kappa shape index (κ1) is 42.5. The minimum atomic E-state index is -0.451. The van der Waals surface area contributed by atoms with Crippen LogP contribution in [0, 0.1) is 0 Å². The number of likely N-dealkylation sites (N-methyl/N-ethyl adjacent to an activating group) is 1. The van der Waals surface area contributed by atoms with Gasteiger partial charge in [-0.25, -0.2) is 0 Å². The summed E-state index contributed by atoms with van der Waals surface area (Å²) in [5.41, 5.74) is 5.73. The molecule has 2 saturated heterocycles. The molecule has 3 aromatic rings. The lowest BCUT2D eigenvalue weighted by atomic mass is 10.1. The van der Waals surface area contributed by atoms with Crippen molar-refractivity contribution in [3.05, 3.63) is 88.0 Å². The lowest BCUT2D eigenvalue weighted by molar-refractivity contribution is -0.143. The van der Waals surface area contributed by atoms with Crippen molar-refractivity contribution in [2.45, 2.75) is 64.8 Å². The first-order chi connectivity index (χ1) is 29.5. The zero-order chi connectivity index (χ0) is 43.2. The average molecular weight is 834 g/mol. The summed E-state index contributed by atoms with van der Waals surface area (Å²) < 4.78 is 35.0. The normalized spacial score (nSPS) is 18.9. The summed E-state index contributed by atoms with van der Waals surface area (Å²) in [5.74, 6) is 1.21. The van der Waals surface area contributed by atoms with Crippen molar-refractivity contribution in [3.63, 3.8) is 0 Å². The number of esters is 1. The summed E-state index contributed by atoms with van der Waals surface area (Å²) in [7, 11) is 5.99. The van der Waals surface area contributed by atoms with E-state index in [4.69, 9.17) is 33.7 Å². The van der Waals surface area contributed by atoms with E-state index in [2.05, 4.69) is 4.74 Å². The highest BCUT2D eigenvalue weighted by Crippen LogP contribution is 2.41. The fourth-order valence-electron chi connectivity index (χ4n) is 7.76. The van der Waals surface area contributed by atoms with Gasteiger partial charge in [-0.1, -0.05) is 23.3 Å². The topological polar surface area (TPSA) is 158 Å². The third-order valence-corrected chi connectivity index (χ3v) is 11.3.